The summed E-state index contributed by atoms with van der Waals surface area (Å²) in [6.07, 6.45) is 1.95. The SMILES string of the molecule is CC(C)c1c2c(cc3ccccc13)-c1nccc3c1c(cc1ccc(C(C)(C)C)cc13)O2. The second-order valence-corrected chi connectivity index (χ2v) is 10.3. The molecule has 6 rings (SSSR count). The molecule has 0 atom stereocenters. The van der Waals surface area contributed by atoms with Crippen LogP contribution in [0.4, 0.5) is 0 Å². The maximum absolute atomic E-state index is 6.72. The summed E-state index contributed by atoms with van der Waals surface area (Å²) in [5, 5.41) is 7.27. The Hall–Kier alpha value is -3.39. The molecule has 0 N–H and O–H groups in total. The van der Waals surface area contributed by atoms with Gasteiger partial charge >= 0.3 is 0 Å². The van der Waals surface area contributed by atoms with Gasteiger partial charge in [-0.2, -0.15) is 0 Å². The molecule has 0 radical (unpaired) electrons. The average Bonchev–Trinajstić information content (AvgIpc) is 2.77. The summed E-state index contributed by atoms with van der Waals surface area (Å²) in [6.45, 7) is 11.3. The topological polar surface area (TPSA) is 22.1 Å². The normalized spacial score (nSPS) is 13.1. The van der Waals surface area contributed by atoms with Crippen molar-refractivity contribution in [2.24, 2.45) is 0 Å². The number of pyridine rings is 1. The Morgan fingerprint density at radius 3 is 2.38 bits per heavy atom. The number of hydrogen-bond acceptors (Lipinski definition) is 2. The molecular weight excluding hydrogens is 390 g/mol. The van der Waals surface area contributed by atoms with Crippen molar-refractivity contribution in [2.75, 3.05) is 0 Å². The molecule has 158 valence electrons. The van der Waals surface area contributed by atoms with Crippen molar-refractivity contribution < 1.29 is 4.74 Å². The summed E-state index contributed by atoms with van der Waals surface area (Å²) >= 11 is 0. The molecule has 5 aromatic rings. The molecule has 0 aliphatic carbocycles. The summed E-state index contributed by atoms with van der Waals surface area (Å²) in [5.74, 6) is 2.20. The lowest BCUT2D eigenvalue weighted by Crippen LogP contribution is -2.10. The second kappa shape index (κ2) is 6.56. The molecule has 2 heteroatoms. The predicted molar refractivity (Wildman–Crippen MR) is 135 cm³/mol. The molecule has 0 bridgehead atoms. The molecule has 1 aliphatic rings. The van der Waals surface area contributed by atoms with Gasteiger partial charge < -0.3 is 4.74 Å². The first-order valence-corrected chi connectivity index (χ1v) is 11.4. The molecule has 1 aromatic heterocycles. The van der Waals surface area contributed by atoms with E-state index in [-0.39, 0.29) is 5.41 Å². The third kappa shape index (κ3) is 2.69. The minimum Gasteiger partial charge on any atom is -0.456 e. The Labute approximate surface area is 188 Å². The molecule has 2 heterocycles. The van der Waals surface area contributed by atoms with Gasteiger partial charge in [-0.05, 0) is 68.1 Å². The van der Waals surface area contributed by atoms with Crippen LogP contribution in [0, 0.1) is 0 Å². The van der Waals surface area contributed by atoms with Crippen LogP contribution in [0.2, 0.25) is 0 Å². The number of benzene rings is 4. The van der Waals surface area contributed by atoms with Gasteiger partial charge in [-0.1, -0.05) is 71.0 Å². The van der Waals surface area contributed by atoms with Crippen LogP contribution in [0.15, 0.2) is 66.9 Å². The predicted octanol–water partition coefficient (Wildman–Crippen LogP) is 8.73. The maximum atomic E-state index is 6.72. The van der Waals surface area contributed by atoms with E-state index < -0.39 is 0 Å². The Kier molecular flexibility index (Phi) is 3.96. The Bertz CT molecular complexity index is 1550. The van der Waals surface area contributed by atoms with Gasteiger partial charge in [0.1, 0.15) is 11.5 Å². The number of ether oxygens (including phenoxy) is 1. The van der Waals surface area contributed by atoms with Crippen molar-refractivity contribution in [3.8, 4) is 22.8 Å². The molecule has 32 heavy (non-hydrogen) atoms. The highest BCUT2D eigenvalue weighted by atomic mass is 16.5. The quantitative estimate of drug-likeness (QED) is 0.249. The van der Waals surface area contributed by atoms with Gasteiger partial charge in [0.15, 0.2) is 0 Å². The molecule has 0 fully saturated rings. The standard InChI is InChI=1S/C30H27NO/c1-17(2)26-21-9-7-6-8-18(21)14-24-28-27-22(12-13-31-28)23-16-20(30(3,4)5)11-10-19(23)15-25(27)32-29(24)26/h6-17H,1-5H3. The molecule has 0 spiro atoms. The van der Waals surface area contributed by atoms with Gasteiger partial charge in [0.05, 0.1) is 11.1 Å². The number of aromatic nitrogens is 1. The van der Waals surface area contributed by atoms with Gasteiger partial charge in [0.2, 0.25) is 0 Å². The van der Waals surface area contributed by atoms with Crippen LogP contribution in [0.25, 0.3) is 43.6 Å². The number of hydrogen-bond donors (Lipinski definition) is 0. The van der Waals surface area contributed by atoms with Crippen LogP contribution in [-0.4, -0.2) is 4.98 Å². The monoisotopic (exact) mass is 417 g/mol. The van der Waals surface area contributed by atoms with Crippen LogP contribution in [-0.2, 0) is 5.41 Å². The van der Waals surface area contributed by atoms with Crippen LogP contribution < -0.4 is 4.74 Å². The Morgan fingerprint density at radius 1 is 0.812 bits per heavy atom. The molecule has 0 saturated carbocycles. The summed E-state index contributed by atoms with van der Waals surface area (Å²) in [5.41, 5.74) is 4.81. The van der Waals surface area contributed by atoms with Crippen LogP contribution in [0.1, 0.15) is 51.7 Å². The maximum Gasteiger partial charge on any atom is 0.140 e. The van der Waals surface area contributed by atoms with Gasteiger partial charge in [-0.25, -0.2) is 0 Å². The zero-order chi connectivity index (χ0) is 22.2. The lowest BCUT2D eigenvalue weighted by atomic mass is 9.84. The van der Waals surface area contributed by atoms with E-state index in [2.05, 4.69) is 95.3 Å². The van der Waals surface area contributed by atoms with E-state index in [0.717, 1.165) is 28.1 Å². The molecule has 0 amide bonds. The highest BCUT2D eigenvalue weighted by Gasteiger charge is 2.27. The number of nitrogens with zero attached hydrogens (tertiary/aromatic N) is 1. The van der Waals surface area contributed by atoms with Gasteiger partial charge in [-0.15, -0.1) is 0 Å². The second-order valence-electron chi connectivity index (χ2n) is 10.3. The van der Waals surface area contributed by atoms with E-state index >= 15 is 0 Å². The molecule has 0 saturated heterocycles. The average molecular weight is 418 g/mol. The molecule has 4 aromatic carbocycles. The minimum absolute atomic E-state index is 0.0975. The highest BCUT2D eigenvalue weighted by molar-refractivity contribution is 6.16. The van der Waals surface area contributed by atoms with Crippen molar-refractivity contribution in [1.29, 1.82) is 0 Å². The fraction of sp³-hybridized carbons (Fsp3) is 0.233. The summed E-state index contributed by atoms with van der Waals surface area (Å²) in [6, 6.07) is 22.0. The summed E-state index contributed by atoms with van der Waals surface area (Å²) in [7, 11) is 0. The first-order chi connectivity index (χ1) is 15.3. The summed E-state index contributed by atoms with van der Waals surface area (Å²) < 4.78 is 6.72. The van der Waals surface area contributed by atoms with E-state index in [9.17, 15) is 0 Å². The Balaban J connectivity index is 1.74. The zero-order valence-electron chi connectivity index (χ0n) is 19.3. The van der Waals surface area contributed by atoms with Crippen molar-refractivity contribution in [2.45, 2.75) is 46.0 Å². The van der Waals surface area contributed by atoms with Crippen molar-refractivity contribution in [3.05, 3.63) is 78.0 Å². The van der Waals surface area contributed by atoms with Gasteiger partial charge in [0.25, 0.3) is 0 Å². The van der Waals surface area contributed by atoms with Crippen LogP contribution in [0.5, 0.6) is 11.5 Å². The Morgan fingerprint density at radius 2 is 1.59 bits per heavy atom. The van der Waals surface area contributed by atoms with Crippen molar-refractivity contribution >= 4 is 32.3 Å². The lowest BCUT2D eigenvalue weighted by molar-refractivity contribution is 0.478. The number of rotatable bonds is 1. The highest BCUT2D eigenvalue weighted by Crippen LogP contribution is 2.52. The number of fused-ring (bicyclic) bond motifs is 5. The zero-order valence-corrected chi connectivity index (χ0v) is 19.3. The van der Waals surface area contributed by atoms with E-state index in [1.54, 1.807) is 0 Å². The largest absolute Gasteiger partial charge is 0.456 e. The fourth-order valence-corrected chi connectivity index (χ4v) is 5.14. The molecular formula is C30H27NO. The smallest absolute Gasteiger partial charge is 0.140 e. The minimum atomic E-state index is 0.0975. The van der Waals surface area contributed by atoms with Crippen molar-refractivity contribution in [3.63, 3.8) is 0 Å². The van der Waals surface area contributed by atoms with E-state index in [1.807, 2.05) is 6.20 Å². The van der Waals surface area contributed by atoms with Crippen LogP contribution >= 0.6 is 0 Å². The molecule has 2 nitrogen and oxygen atoms in total. The first kappa shape index (κ1) is 19.3. The van der Waals surface area contributed by atoms with E-state index in [4.69, 9.17) is 9.72 Å². The fourth-order valence-electron chi connectivity index (χ4n) is 5.14. The van der Waals surface area contributed by atoms with E-state index in [1.165, 1.54) is 38.1 Å². The lowest BCUT2D eigenvalue weighted by Gasteiger charge is -2.26. The van der Waals surface area contributed by atoms with E-state index in [0.29, 0.717) is 5.92 Å². The first-order valence-electron chi connectivity index (χ1n) is 11.4. The van der Waals surface area contributed by atoms with Crippen molar-refractivity contribution in [1.82, 2.24) is 4.98 Å². The summed E-state index contributed by atoms with van der Waals surface area (Å²) in [4.78, 5) is 4.88. The molecule has 1 aliphatic heterocycles. The molecule has 0 unspecified atom stereocenters. The van der Waals surface area contributed by atoms with Crippen LogP contribution in [0.3, 0.4) is 0 Å². The third-order valence-electron chi connectivity index (χ3n) is 6.78. The third-order valence-corrected chi connectivity index (χ3v) is 6.78. The van der Waals surface area contributed by atoms with Gasteiger partial charge in [-0.3, -0.25) is 4.98 Å². The van der Waals surface area contributed by atoms with Gasteiger partial charge in [0, 0.05) is 17.3 Å².